The summed E-state index contributed by atoms with van der Waals surface area (Å²) in [5.41, 5.74) is 11.1. The summed E-state index contributed by atoms with van der Waals surface area (Å²) in [6.07, 6.45) is 1.15. The number of carbonyl (C=O) groups is 6. The number of hydrogen-bond acceptors (Lipinski definition) is 9. The molecule has 0 saturated carbocycles. The third-order valence-electron chi connectivity index (χ3n) is 4.72. The number of amides is 4. The molecule has 1 rings (SSSR count). The average Bonchev–Trinajstić information content (AvgIpc) is 3.30. The van der Waals surface area contributed by atoms with E-state index in [1.165, 1.54) is 12.5 Å². The molecule has 194 valence electrons. The van der Waals surface area contributed by atoms with Gasteiger partial charge in [-0.15, -0.1) is 0 Å². The lowest BCUT2D eigenvalue weighted by Gasteiger charge is -2.24. The summed E-state index contributed by atoms with van der Waals surface area (Å²) in [4.78, 5) is 78.0. The van der Waals surface area contributed by atoms with Crippen molar-refractivity contribution >= 4 is 48.2 Å². The highest BCUT2D eigenvalue weighted by molar-refractivity contribution is 7.80. The van der Waals surface area contributed by atoms with Crippen LogP contribution in [0.25, 0.3) is 0 Å². The highest BCUT2D eigenvalue weighted by atomic mass is 32.1. The van der Waals surface area contributed by atoms with E-state index < -0.39 is 66.2 Å². The molecule has 0 radical (unpaired) electrons. The molecule has 0 saturated heterocycles. The Morgan fingerprint density at radius 2 is 1.51 bits per heavy atom. The van der Waals surface area contributed by atoms with Crippen molar-refractivity contribution in [2.75, 3.05) is 5.75 Å². The number of aromatic amines is 1. The van der Waals surface area contributed by atoms with Crippen molar-refractivity contribution in [1.29, 1.82) is 0 Å². The fourth-order valence-electron chi connectivity index (χ4n) is 2.81. The first-order chi connectivity index (χ1) is 16.4. The van der Waals surface area contributed by atoms with Gasteiger partial charge in [-0.3, -0.25) is 24.0 Å². The fraction of sp³-hybridized carbons (Fsp3) is 0.526. The minimum atomic E-state index is -1.51. The number of H-pyrrole nitrogens is 1. The van der Waals surface area contributed by atoms with Crippen molar-refractivity contribution in [3.8, 4) is 0 Å². The molecular formula is C19H29N7O8S. The van der Waals surface area contributed by atoms with Crippen LogP contribution in [0.15, 0.2) is 12.5 Å². The number of carbonyl (C=O) groups excluding carboxylic acids is 4. The van der Waals surface area contributed by atoms with Crippen molar-refractivity contribution in [3.63, 3.8) is 0 Å². The zero-order valence-corrected chi connectivity index (χ0v) is 19.5. The van der Waals surface area contributed by atoms with E-state index in [0.29, 0.717) is 5.69 Å². The molecule has 4 amide bonds. The Morgan fingerprint density at radius 1 is 0.943 bits per heavy atom. The van der Waals surface area contributed by atoms with E-state index in [1.54, 1.807) is 0 Å². The van der Waals surface area contributed by atoms with Crippen LogP contribution in [0.1, 0.15) is 31.4 Å². The Morgan fingerprint density at radius 3 is 2.03 bits per heavy atom. The second-order valence-electron chi connectivity index (χ2n) is 7.53. The Bertz CT molecular complexity index is 911. The van der Waals surface area contributed by atoms with Crippen LogP contribution in [-0.4, -0.2) is 85.7 Å². The van der Waals surface area contributed by atoms with Crippen molar-refractivity contribution in [2.45, 2.75) is 56.3 Å². The Balaban J connectivity index is 3.05. The van der Waals surface area contributed by atoms with Crippen LogP contribution in [0.5, 0.6) is 0 Å². The van der Waals surface area contributed by atoms with Crippen LogP contribution < -0.4 is 27.4 Å². The zero-order valence-electron chi connectivity index (χ0n) is 18.6. The van der Waals surface area contributed by atoms with Crippen molar-refractivity contribution in [1.82, 2.24) is 25.9 Å². The number of nitrogens with two attached hydrogens (primary N) is 2. The van der Waals surface area contributed by atoms with E-state index in [2.05, 4.69) is 38.5 Å². The van der Waals surface area contributed by atoms with Crippen LogP contribution in [0.2, 0.25) is 0 Å². The number of aromatic nitrogens is 2. The number of thiol groups is 1. The number of nitrogens with zero attached hydrogens (tertiary/aromatic N) is 1. The van der Waals surface area contributed by atoms with Crippen LogP contribution in [0, 0.1) is 0 Å². The molecule has 1 aromatic rings. The van der Waals surface area contributed by atoms with Gasteiger partial charge in [0.15, 0.2) is 0 Å². The van der Waals surface area contributed by atoms with Gasteiger partial charge in [0.1, 0.15) is 18.1 Å². The molecule has 4 atom stereocenters. The summed E-state index contributed by atoms with van der Waals surface area (Å²) in [7, 11) is 0. The maximum Gasteiger partial charge on any atom is 0.326 e. The third-order valence-corrected chi connectivity index (χ3v) is 5.11. The molecule has 0 aliphatic rings. The minimum absolute atomic E-state index is 0.00421. The predicted molar refractivity (Wildman–Crippen MR) is 123 cm³/mol. The normalized spacial score (nSPS) is 14.1. The van der Waals surface area contributed by atoms with Crippen LogP contribution in [0.3, 0.4) is 0 Å². The highest BCUT2D eigenvalue weighted by Crippen LogP contribution is 2.06. The van der Waals surface area contributed by atoms with E-state index in [1.807, 2.05) is 0 Å². The number of imidazole rings is 1. The molecule has 0 fully saturated rings. The maximum atomic E-state index is 13.0. The Labute approximate surface area is 205 Å². The number of hydrogen-bond donors (Lipinski definition) is 9. The van der Waals surface area contributed by atoms with Gasteiger partial charge in [-0.1, -0.05) is 0 Å². The summed E-state index contributed by atoms with van der Waals surface area (Å²) in [5, 5.41) is 25.3. The SMILES string of the molecule is NC(=O)CCC(NC(=O)C(CCC(=O)O)NC(=O)C(Cc1cnc[nH]1)NC(=O)C(N)CS)C(=O)O. The van der Waals surface area contributed by atoms with E-state index in [9.17, 15) is 33.9 Å². The smallest absolute Gasteiger partial charge is 0.326 e. The van der Waals surface area contributed by atoms with Gasteiger partial charge in [-0.25, -0.2) is 9.78 Å². The molecule has 1 heterocycles. The molecule has 0 aromatic carbocycles. The van der Waals surface area contributed by atoms with Crippen LogP contribution >= 0.6 is 12.6 Å². The van der Waals surface area contributed by atoms with Gasteiger partial charge in [0.2, 0.25) is 23.6 Å². The summed E-state index contributed by atoms with van der Waals surface area (Å²) in [5.74, 6) is -6.03. The summed E-state index contributed by atoms with van der Waals surface area (Å²) in [6, 6.07) is -5.23. The van der Waals surface area contributed by atoms with Gasteiger partial charge in [0.25, 0.3) is 0 Å². The lowest BCUT2D eigenvalue weighted by atomic mass is 10.1. The summed E-state index contributed by atoms with van der Waals surface area (Å²) < 4.78 is 0. The van der Waals surface area contributed by atoms with E-state index >= 15 is 0 Å². The Hall–Kier alpha value is -3.66. The number of aliphatic carboxylic acids is 2. The molecule has 10 N–H and O–H groups in total. The molecule has 0 aliphatic heterocycles. The number of primary amides is 1. The third kappa shape index (κ3) is 10.9. The van der Waals surface area contributed by atoms with Crippen molar-refractivity contribution < 1.29 is 39.0 Å². The van der Waals surface area contributed by atoms with Gasteiger partial charge in [-0.05, 0) is 12.8 Å². The van der Waals surface area contributed by atoms with E-state index in [-0.39, 0.29) is 31.4 Å². The molecule has 16 heteroatoms. The first-order valence-electron chi connectivity index (χ1n) is 10.4. The van der Waals surface area contributed by atoms with Gasteiger partial charge in [0, 0.05) is 36.9 Å². The van der Waals surface area contributed by atoms with Gasteiger partial charge >= 0.3 is 11.9 Å². The van der Waals surface area contributed by atoms with Crippen LogP contribution in [0.4, 0.5) is 0 Å². The van der Waals surface area contributed by atoms with E-state index in [0.717, 1.165) is 0 Å². The largest absolute Gasteiger partial charge is 0.481 e. The zero-order chi connectivity index (χ0) is 26.5. The molecule has 15 nitrogen and oxygen atoms in total. The van der Waals surface area contributed by atoms with Crippen LogP contribution in [-0.2, 0) is 35.2 Å². The summed E-state index contributed by atoms with van der Waals surface area (Å²) in [6.45, 7) is 0. The molecule has 4 unspecified atom stereocenters. The number of carboxylic acid groups (broad SMARTS) is 2. The molecular weight excluding hydrogens is 486 g/mol. The molecule has 0 bridgehead atoms. The quantitative estimate of drug-likeness (QED) is 0.1000. The lowest BCUT2D eigenvalue weighted by Crippen LogP contribution is -2.58. The molecule has 0 spiro atoms. The van der Waals surface area contributed by atoms with Gasteiger partial charge in [0.05, 0.1) is 12.4 Å². The van der Waals surface area contributed by atoms with Gasteiger partial charge < -0.3 is 42.6 Å². The second-order valence-corrected chi connectivity index (χ2v) is 7.89. The number of rotatable bonds is 16. The first kappa shape index (κ1) is 29.4. The fourth-order valence-corrected chi connectivity index (χ4v) is 2.98. The standard InChI is InChI=1S/C19H29N7O8S/c20-10(7-35)16(30)26-13(5-9-6-22-8-23-9)18(32)24-11(2-4-15(28)29)17(31)25-12(19(33)34)1-3-14(21)27/h6,8,10-13,35H,1-5,7,20H2,(H2,21,27)(H,22,23)(H,24,32)(H,25,31)(H,26,30)(H,28,29)(H,33,34). The molecule has 0 aliphatic carbocycles. The van der Waals surface area contributed by atoms with E-state index in [4.69, 9.17) is 16.6 Å². The molecule has 35 heavy (non-hydrogen) atoms. The molecule has 1 aromatic heterocycles. The average molecular weight is 516 g/mol. The topological polar surface area (TPSA) is 260 Å². The lowest BCUT2D eigenvalue weighted by molar-refractivity contribution is -0.143. The second kappa shape index (κ2) is 14.6. The van der Waals surface area contributed by atoms with Gasteiger partial charge in [-0.2, -0.15) is 12.6 Å². The predicted octanol–water partition coefficient (Wildman–Crippen LogP) is -3.12. The van der Waals surface area contributed by atoms with Crippen molar-refractivity contribution in [2.24, 2.45) is 11.5 Å². The monoisotopic (exact) mass is 515 g/mol. The van der Waals surface area contributed by atoms with Crippen molar-refractivity contribution in [3.05, 3.63) is 18.2 Å². The first-order valence-corrected chi connectivity index (χ1v) is 11.1. The maximum absolute atomic E-state index is 13.0. The Kier molecular flexibility index (Phi) is 12.2. The summed E-state index contributed by atoms with van der Waals surface area (Å²) >= 11 is 3.94. The number of nitrogens with one attached hydrogen (secondary N) is 4. The number of carboxylic acids is 2. The minimum Gasteiger partial charge on any atom is -0.481 e. The highest BCUT2D eigenvalue weighted by Gasteiger charge is 2.31.